The van der Waals surface area contributed by atoms with Crippen molar-refractivity contribution in [2.75, 3.05) is 24.7 Å². The van der Waals surface area contributed by atoms with Gasteiger partial charge < -0.3 is 19.9 Å². The largest absolute Gasteiger partial charge is 0.446 e. The minimum Gasteiger partial charge on any atom is -0.446 e. The molecule has 0 saturated carbocycles. The van der Waals surface area contributed by atoms with Gasteiger partial charge in [0.15, 0.2) is 17.3 Å². The van der Waals surface area contributed by atoms with Gasteiger partial charge in [0.1, 0.15) is 24.7 Å². The molecular weight excluding hydrogens is 586 g/mol. The van der Waals surface area contributed by atoms with Gasteiger partial charge >= 0.3 is 6.09 Å². The molecule has 15 heteroatoms. The van der Waals surface area contributed by atoms with E-state index in [2.05, 4.69) is 21.8 Å². The first kappa shape index (κ1) is 32.4. The molecule has 0 radical (unpaired) electrons. The van der Waals surface area contributed by atoms with E-state index < -0.39 is 11.2 Å². The SMILES string of the molecule is CCCCc1nc(Cl)c(C=O)n1Cc1ccc(-c2ccccc2/C(N)=N/N(N)C(=O)OCCSCCO[N+](=O)[O-])cc1. The summed E-state index contributed by atoms with van der Waals surface area (Å²) in [6, 6.07) is 15.0. The third-order valence-electron chi connectivity index (χ3n) is 6.00. The summed E-state index contributed by atoms with van der Waals surface area (Å²) in [6.45, 7) is 2.49. The molecule has 42 heavy (non-hydrogen) atoms. The molecule has 13 nitrogen and oxygen atoms in total. The summed E-state index contributed by atoms with van der Waals surface area (Å²) in [4.78, 5) is 42.6. The third-order valence-corrected chi connectivity index (χ3v) is 7.18. The molecule has 4 N–H and O–H groups in total. The Bertz CT molecular complexity index is 1400. The van der Waals surface area contributed by atoms with Crippen molar-refractivity contribution in [3.8, 4) is 11.1 Å². The molecule has 0 saturated heterocycles. The lowest BCUT2D eigenvalue weighted by atomic mass is 9.98. The Labute approximate surface area is 251 Å². The zero-order valence-electron chi connectivity index (χ0n) is 23.0. The number of carbonyl (C=O) groups excluding carboxylic acids is 2. The number of nitrogens with zero attached hydrogens (tertiary/aromatic N) is 5. The summed E-state index contributed by atoms with van der Waals surface area (Å²) in [6.07, 6.45) is 2.47. The molecule has 0 fully saturated rings. The number of carbonyl (C=O) groups is 2. The van der Waals surface area contributed by atoms with Crippen LogP contribution in [0.5, 0.6) is 0 Å². The van der Waals surface area contributed by atoms with Crippen LogP contribution in [-0.2, 0) is 22.5 Å². The molecule has 3 rings (SSSR count). The van der Waals surface area contributed by atoms with Gasteiger partial charge in [-0.1, -0.05) is 73.5 Å². The fraction of sp³-hybridized carbons (Fsp3) is 0.333. The molecule has 3 aromatic rings. The van der Waals surface area contributed by atoms with Gasteiger partial charge in [-0.25, -0.2) is 15.6 Å². The molecule has 1 amide bonds. The van der Waals surface area contributed by atoms with E-state index in [0.29, 0.717) is 34.4 Å². The Morgan fingerprint density at radius 3 is 2.62 bits per heavy atom. The van der Waals surface area contributed by atoms with Crippen LogP contribution in [0.3, 0.4) is 0 Å². The number of aryl methyl sites for hydroxylation is 1. The normalized spacial score (nSPS) is 11.3. The monoisotopic (exact) mass is 617 g/mol. The number of amides is 1. The molecule has 224 valence electrons. The second kappa shape index (κ2) is 16.3. The number of unbranched alkanes of at least 4 members (excludes halogenated alkanes) is 1. The summed E-state index contributed by atoms with van der Waals surface area (Å²) >= 11 is 7.52. The molecule has 1 aromatic heterocycles. The number of thioether (sulfide) groups is 1. The fourth-order valence-corrected chi connectivity index (χ4v) is 4.81. The van der Waals surface area contributed by atoms with E-state index in [9.17, 15) is 19.7 Å². The highest BCUT2D eigenvalue weighted by molar-refractivity contribution is 7.99. The van der Waals surface area contributed by atoms with Gasteiger partial charge in [0.05, 0.1) is 0 Å². The molecular formula is C27H32ClN7O6S. The van der Waals surface area contributed by atoms with E-state index in [0.717, 1.165) is 48.1 Å². The molecule has 0 aliphatic heterocycles. The van der Waals surface area contributed by atoms with Crippen LogP contribution in [-0.4, -0.2) is 62.7 Å². The van der Waals surface area contributed by atoms with Gasteiger partial charge in [-0.15, -0.1) is 20.3 Å². The van der Waals surface area contributed by atoms with Crippen LogP contribution in [0.2, 0.25) is 5.15 Å². The van der Waals surface area contributed by atoms with E-state index in [1.807, 2.05) is 41.0 Å². The lowest BCUT2D eigenvalue weighted by Crippen LogP contribution is -2.36. The molecule has 0 spiro atoms. The number of ether oxygens (including phenoxy) is 1. The van der Waals surface area contributed by atoms with Crippen LogP contribution >= 0.6 is 23.4 Å². The predicted octanol–water partition coefficient (Wildman–Crippen LogP) is 4.28. The van der Waals surface area contributed by atoms with Crippen LogP contribution in [0.1, 0.15) is 47.2 Å². The van der Waals surface area contributed by atoms with E-state index in [1.54, 1.807) is 12.1 Å². The Morgan fingerprint density at radius 1 is 1.21 bits per heavy atom. The fourth-order valence-electron chi connectivity index (χ4n) is 3.96. The smallest absolute Gasteiger partial charge is 0.445 e. The molecule has 0 bridgehead atoms. The molecule has 0 aliphatic rings. The summed E-state index contributed by atoms with van der Waals surface area (Å²) in [5, 5.41) is 14.0. The van der Waals surface area contributed by atoms with E-state index >= 15 is 0 Å². The number of hydrazone groups is 1. The number of hydrazine groups is 1. The molecule has 1 heterocycles. The van der Waals surface area contributed by atoms with Crippen molar-refractivity contribution in [3.05, 3.63) is 86.4 Å². The number of hydrogen-bond donors (Lipinski definition) is 2. The number of aldehydes is 1. The standard InChI is InChI=1S/C27H32ClN7O6S/c1-2-3-8-24-31-25(28)23(18-36)33(24)17-19-9-11-20(12-10-19)21-6-4-5-7-22(21)26(29)32-34(30)27(37)40-13-15-42-16-14-41-35(38)39/h4-7,9-12,18H,2-3,8,13-17,30H2,1H3,(H2,29,32). The maximum absolute atomic E-state index is 12.2. The number of hydrogen-bond acceptors (Lipinski definition) is 10. The predicted molar refractivity (Wildman–Crippen MR) is 161 cm³/mol. The Balaban J connectivity index is 1.67. The van der Waals surface area contributed by atoms with Crippen molar-refractivity contribution >= 4 is 41.6 Å². The van der Waals surface area contributed by atoms with Crippen molar-refractivity contribution in [1.29, 1.82) is 0 Å². The summed E-state index contributed by atoms with van der Waals surface area (Å²) < 4.78 is 6.90. The van der Waals surface area contributed by atoms with Crippen molar-refractivity contribution in [3.63, 3.8) is 0 Å². The maximum Gasteiger partial charge on any atom is 0.445 e. The average Bonchev–Trinajstić information content (AvgIpc) is 3.28. The Kier molecular flexibility index (Phi) is 12.6. The molecule has 0 atom stereocenters. The van der Waals surface area contributed by atoms with Crippen molar-refractivity contribution in [1.82, 2.24) is 14.7 Å². The van der Waals surface area contributed by atoms with E-state index in [4.69, 9.17) is 27.9 Å². The molecule has 0 aliphatic carbocycles. The lowest BCUT2D eigenvalue weighted by Gasteiger charge is -2.14. The van der Waals surface area contributed by atoms with Gasteiger partial charge in [0.2, 0.25) is 0 Å². The van der Waals surface area contributed by atoms with Gasteiger partial charge in [0, 0.05) is 30.0 Å². The number of nitrogens with two attached hydrogens (primary N) is 2. The number of rotatable bonds is 16. The van der Waals surface area contributed by atoms with Gasteiger partial charge in [-0.2, -0.15) is 11.8 Å². The topological polar surface area (TPSA) is 181 Å². The van der Waals surface area contributed by atoms with E-state index in [1.165, 1.54) is 11.8 Å². The highest BCUT2D eigenvalue weighted by Crippen LogP contribution is 2.25. The van der Waals surface area contributed by atoms with Crippen LogP contribution in [0.25, 0.3) is 11.1 Å². The van der Waals surface area contributed by atoms with Gasteiger partial charge in [-0.3, -0.25) is 4.79 Å². The summed E-state index contributed by atoms with van der Waals surface area (Å²) in [5.41, 5.74) is 9.70. The minimum atomic E-state index is -0.908. The van der Waals surface area contributed by atoms with Crippen LogP contribution in [0.15, 0.2) is 53.6 Å². The quantitative estimate of drug-likeness (QED) is 0.0344. The second-order valence-corrected chi connectivity index (χ2v) is 10.5. The number of benzene rings is 2. The second-order valence-electron chi connectivity index (χ2n) is 8.87. The van der Waals surface area contributed by atoms with Crippen LogP contribution in [0, 0.1) is 10.1 Å². The van der Waals surface area contributed by atoms with Gasteiger partial charge in [0.25, 0.3) is 5.09 Å². The van der Waals surface area contributed by atoms with Gasteiger partial charge in [-0.05, 0) is 23.1 Å². The first-order chi connectivity index (χ1) is 20.2. The number of aromatic nitrogens is 2. The maximum atomic E-state index is 12.2. The zero-order valence-corrected chi connectivity index (χ0v) is 24.6. The summed E-state index contributed by atoms with van der Waals surface area (Å²) in [5.74, 6) is 7.28. The van der Waals surface area contributed by atoms with Crippen molar-refractivity contribution in [2.24, 2.45) is 16.7 Å². The lowest BCUT2D eigenvalue weighted by molar-refractivity contribution is -0.756. The molecule has 0 unspecified atom stereocenters. The Hall–Kier alpha value is -4.14. The third kappa shape index (κ3) is 9.19. The number of amidine groups is 1. The Morgan fingerprint density at radius 2 is 1.93 bits per heavy atom. The first-order valence-corrected chi connectivity index (χ1v) is 14.6. The summed E-state index contributed by atoms with van der Waals surface area (Å²) in [7, 11) is 0. The van der Waals surface area contributed by atoms with Crippen LogP contribution < -0.4 is 11.6 Å². The highest BCUT2D eigenvalue weighted by Gasteiger charge is 2.17. The van der Waals surface area contributed by atoms with Crippen molar-refractivity contribution < 1.29 is 24.3 Å². The number of halogens is 1. The zero-order chi connectivity index (χ0) is 30.5. The first-order valence-electron chi connectivity index (χ1n) is 13.0. The molecule has 2 aromatic carbocycles. The average molecular weight is 618 g/mol. The van der Waals surface area contributed by atoms with Crippen molar-refractivity contribution in [2.45, 2.75) is 32.7 Å². The minimum absolute atomic E-state index is 0.00433. The highest BCUT2D eigenvalue weighted by atomic mass is 35.5. The van der Waals surface area contributed by atoms with E-state index in [-0.39, 0.29) is 24.2 Å². The van der Waals surface area contributed by atoms with Crippen LogP contribution in [0.4, 0.5) is 4.79 Å². The number of imidazole rings is 1.